The molecule has 2 unspecified atom stereocenters. The quantitative estimate of drug-likeness (QED) is 0.824. The van der Waals surface area contributed by atoms with Crippen LogP contribution >= 0.6 is 0 Å². The highest BCUT2D eigenvalue weighted by Gasteiger charge is 2.30. The van der Waals surface area contributed by atoms with Gasteiger partial charge in [0.05, 0.1) is 0 Å². The van der Waals surface area contributed by atoms with E-state index in [1.165, 1.54) is 32.1 Å². The van der Waals surface area contributed by atoms with Crippen LogP contribution in [0.25, 0.3) is 0 Å². The Kier molecular flexibility index (Phi) is 2.64. The van der Waals surface area contributed by atoms with Crippen LogP contribution in [0, 0.1) is 5.92 Å². The minimum Gasteiger partial charge on any atom is -0.253 e. The Morgan fingerprint density at radius 1 is 1.26 bits per heavy atom. The molecule has 2 aliphatic rings. The molecule has 3 heteroatoms. The molecule has 2 aromatic rings. The smallest absolute Gasteiger partial charge is 0.137 e. The van der Waals surface area contributed by atoms with Crippen LogP contribution in [0.5, 0.6) is 0 Å². The molecule has 0 fully saturated rings. The van der Waals surface area contributed by atoms with Crippen molar-refractivity contribution in [2.45, 2.75) is 44.6 Å². The topological polar surface area (TPSA) is 30.7 Å². The van der Waals surface area contributed by atoms with Gasteiger partial charge >= 0.3 is 0 Å². The molecule has 0 saturated carbocycles. The molecule has 4 rings (SSSR count). The molecule has 0 amide bonds. The van der Waals surface area contributed by atoms with E-state index < -0.39 is 0 Å². The predicted octanol–water partition coefficient (Wildman–Crippen LogP) is 2.96. The Hall–Kier alpha value is -1.64. The fourth-order valence-corrected chi connectivity index (χ4v) is 4.03. The van der Waals surface area contributed by atoms with Crippen LogP contribution in [0.2, 0.25) is 0 Å². The third-order valence-electron chi connectivity index (χ3n) is 4.73. The molecule has 2 atom stereocenters. The second-order valence-electron chi connectivity index (χ2n) is 6.00. The van der Waals surface area contributed by atoms with Crippen LogP contribution in [-0.4, -0.2) is 14.8 Å². The van der Waals surface area contributed by atoms with E-state index in [0.29, 0.717) is 5.92 Å². The summed E-state index contributed by atoms with van der Waals surface area (Å²) in [5.74, 6) is 1.51. The number of rotatable bonds is 2. The van der Waals surface area contributed by atoms with Gasteiger partial charge in [0.25, 0.3) is 0 Å². The summed E-state index contributed by atoms with van der Waals surface area (Å²) in [5, 5.41) is 4.25. The zero-order valence-corrected chi connectivity index (χ0v) is 11.1. The van der Waals surface area contributed by atoms with Crippen molar-refractivity contribution in [1.29, 1.82) is 0 Å². The van der Waals surface area contributed by atoms with Gasteiger partial charge in [0.15, 0.2) is 0 Å². The Morgan fingerprint density at radius 2 is 2.21 bits per heavy atom. The van der Waals surface area contributed by atoms with E-state index in [1.807, 2.05) is 11.0 Å². The maximum atomic E-state index is 4.25. The lowest BCUT2D eigenvalue weighted by molar-refractivity contribution is 0.322. The first-order valence-electron chi connectivity index (χ1n) is 7.33. The van der Waals surface area contributed by atoms with Crippen LogP contribution in [0.3, 0.4) is 0 Å². The van der Waals surface area contributed by atoms with Crippen LogP contribution in [0.1, 0.15) is 41.9 Å². The minimum atomic E-state index is 0.715. The predicted molar refractivity (Wildman–Crippen MR) is 74.0 cm³/mol. The summed E-state index contributed by atoms with van der Waals surface area (Å²) in [7, 11) is 0. The Balaban J connectivity index is 1.63. The first-order chi connectivity index (χ1) is 9.40. The molecule has 19 heavy (non-hydrogen) atoms. The third-order valence-corrected chi connectivity index (χ3v) is 4.73. The molecule has 0 spiro atoms. The molecule has 0 radical (unpaired) electrons. The summed E-state index contributed by atoms with van der Waals surface area (Å²) in [5.41, 5.74) is 4.91. The molecule has 3 nitrogen and oxygen atoms in total. The van der Waals surface area contributed by atoms with Gasteiger partial charge in [-0.25, -0.2) is 4.98 Å². The first-order valence-corrected chi connectivity index (χ1v) is 7.33. The average Bonchev–Trinajstić information content (AvgIpc) is 2.92. The van der Waals surface area contributed by atoms with E-state index in [9.17, 15) is 0 Å². The van der Waals surface area contributed by atoms with E-state index in [2.05, 4.69) is 28.3 Å². The molecule has 0 bridgehead atoms. The highest BCUT2D eigenvalue weighted by Crippen LogP contribution is 2.43. The van der Waals surface area contributed by atoms with Gasteiger partial charge in [0.2, 0.25) is 0 Å². The summed E-state index contributed by atoms with van der Waals surface area (Å²) >= 11 is 0. The maximum Gasteiger partial charge on any atom is 0.137 e. The van der Waals surface area contributed by atoms with Gasteiger partial charge in [0, 0.05) is 6.54 Å². The number of hydrogen-bond donors (Lipinski definition) is 0. The Bertz CT molecular complexity index is 574. The van der Waals surface area contributed by atoms with Crippen LogP contribution in [-0.2, 0) is 19.4 Å². The van der Waals surface area contributed by atoms with Gasteiger partial charge in [0.1, 0.15) is 12.7 Å². The van der Waals surface area contributed by atoms with Crippen molar-refractivity contribution in [2.24, 2.45) is 5.92 Å². The number of hydrogen-bond acceptors (Lipinski definition) is 2. The first kappa shape index (κ1) is 11.2. The lowest BCUT2D eigenvalue weighted by Crippen LogP contribution is -2.26. The van der Waals surface area contributed by atoms with Gasteiger partial charge in [-0.05, 0) is 60.6 Å². The fourth-order valence-electron chi connectivity index (χ4n) is 4.03. The summed E-state index contributed by atoms with van der Waals surface area (Å²) in [6.07, 6.45) is 10.0. The van der Waals surface area contributed by atoms with Gasteiger partial charge in [-0.1, -0.05) is 18.2 Å². The molecule has 0 N–H and O–H groups in total. The monoisotopic (exact) mass is 253 g/mol. The van der Waals surface area contributed by atoms with E-state index in [0.717, 1.165) is 12.5 Å². The third kappa shape index (κ3) is 1.97. The lowest BCUT2D eigenvalue weighted by atomic mass is 9.70. The molecular weight excluding hydrogens is 234 g/mol. The van der Waals surface area contributed by atoms with Gasteiger partial charge in [-0.3, -0.25) is 4.68 Å². The Labute approximate surface area is 113 Å². The standard InChI is InChI=1S/C16H19N3/c1-3-13-4-2-6-15-8-12(7-14(5-1)16(13)15)9-19-11-17-10-18-19/h1,3,5,10-12,15H,2,4,6-9H2. The zero-order valence-electron chi connectivity index (χ0n) is 11.1. The van der Waals surface area contributed by atoms with Gasteiger partial charge in [-0.15, -0.1) is 0 Å². The molecule has 2 aliphatic carbocycles. The van der Waals surface area contributed by atoms with E-state index in [1.54, 1.807) is 23.0 Å². The van der Waals surface area contributed by atoms with E-state index in [-0.39, 0.29) is 0 Å². The molecule has 98 valence electrons. The summed E-state index contributed by atoms with van der Waals surface area (Å²) < 4.78 is 1.99. The van der Waals surface area contributed by atoms with Crippen molar-refractivity contribution in [1.82, 2.24) is 14.8 Å². The van der Waals surface area contributed by atoms with Crippen molar-refractivity contribution < 1.29 is 0 Å². The summed E-state index contributed by atoms with van der Waals surface area (Å²) in [6, 6.07) is 6.92. The number of nitrogens with zero attached hydrogens (tertiary/aromatic N) is 3. The molecular formula is C16H19N3. The second-order valence-corrected chi connectivity index (χ2v) is 6.00. The van der Waals surface area contributed by atoms with Crippen molar-refractivity contribution >= 4 is 0 Å². The molecule has 0 saturated heterocycles. The summed E-state index contributed by atoms with van der Waals surface area (Å²) in [6.45, 7) is 1.01. The van der Waals surface area contributed by atoms with Gasteiger partial charge < -0.3 is 0 Å². The average molecular weight is 253 g/mol. The van der Waals surface area contributed by atoms with Crippen LogP contribution in [0.4, 0.5) is 0 Å². The molecule has 1 aromatic carbocycles. The highest BCUT2D eigenvalue weighted by atomic mass is 15.3. The highest BCUT2D eigenvalue weighted by molar-refractivity contribution is 5.41. The number of benzene rings is 1. The SMILES string of the molecule is c1cc2c3c(c1)CC(Cn1cncn1)CC3CCC2. The second kappa shape index (κ2) is 4.48. The van der Waals surface area contributed by atoms with Crippen molar-refractivity contribution in [3.8, 4) is 0 Å². The van der Waals surface area contributed by atoms with Crippen LogP contribution < -0.4 is 0 Å². The Morgan fingerprint density at radius 3 is 3.11 bits per heavy atom. The van der Waals surface area contributed by atoms with Crippen LogP contribution in [0.15, 0.2) is 30.9 Å². The maximum absolute atomic E-state index is 4.25. The van der Waals surface area contributed by atoms with Crippen molar-refractivity contribution in [3.63, 3.8) is 0 Å². The zero-order chi connectivity index (χ0) is 12.7. The molecule has 1 heterocycles. The largest absolute Gasteiger partial charge is 0.253 e. The minimum absolute atomic E-state index is 0.715. The number of aryl methyl sites for hydroxylation is 1. The van der Waals surface area contributed by atoms with Crippen molar-refractivity contribution in [3.05, 3.63) is 47.5 Å². The van der Waals surface area contributed by atoms with Crippen molar-refractivity contribution in [2.75, 3.05) is 0 Å². The van der Waals surface area contributed by atoms with Gasteiger partial charge in [-0.2, -0.15) is 5.10 Å². The molecule has 0 aliphatic heterocycles. The lowest BCUT2D eigenvalue weighted by Gasteiger charge is -2.36. The normalized spacial score (nSPS) is 25.1. The fraction of sp³-hybridized carbons (Fsp3) is 0.500. The summed E-state index contributed by atoms with van der Waals surface area (Å²) in [4.78, 5) is 4.05. The van der Waals surface area contributed by atoms with E-state index >= 15 is 0 Å². The number of aromatic nitrogens is 3. The molecule has 1 aromatic heterocycles. The van der Waals surface area contributed by atoms with E-state index in [4.69, 9.17) is 0 Å².